The first-order valence-corrected chi connectivity index (χ1v) is 11.4. The quantitative estimate of drug-likeness (QED) is 0.536. The van der Waals surface area contributed by atoms with Crippen molar-refractivity contribution in [3.05, 3.63) is 64.0 Å². The van der Waals surface area contributed by atoms with Gasteiger partial charge >= 0.3 is 0 Å². The van der Waals surface area contributed by atoms with Crippen LogP contribution >= 0.6 is 11.3 Å². The van der Waals surface area contributed by atoms with Crippen molar-refractivity contribution in [2.24, 2.45) is 5.92 Å². The maximum absolute atomic E-state index is 13.3. The first-order chi connectivity index (χ1) is 15.7. The van der Waals surface area contributed by atoms with E-state index >= 15 is 0 Å². The topological polar surface area (TPSA) is 88.6 Å². The predicted molar refractivity (Wildman–Crippen MR) is 128 cm³/mol. The monoisotopic (exact) mass is 463 g/mol. The van der Waals surface area contributed by atoms with Crippen LogP contribution in [0.15, 0.2) is 42.5 Å². The number of anilines is 1. The van der Waals surface area contributed by atoms with Crippen molar-refractivity contribution in [2.45, 2.75) is 33.7 Å². The van der Waals surface area contributed by atoms with Gasteiger partial charge in [-0.05, 0) is 55.7 Å². The van der Waals surface area contributed by atoms with Crippen LogP contribution in [0.1, 0.15) is 45.0 Å². The molecule has 0 fully saturated rings. The van der Waals surface area contributed by atoms with Crippen LogP contribution in [0.5, 0.6) is 5.75 Å². The van der Waals surface area contributed by atoms with Gasteiger partial charge < -0.3 is 10.1 Å². The summed E-state index contributed by atoms with van der Waals surface area (Å²) in [5, 5.41) is 3.25. The van der Waals surface area contributed by atoms with Gasteiger partial charge in [0.2, 0.25) is 5.91 Å². The van der Waals surface area contributed by atoms with Crippen LogP contribution in [0.3, 0.4) is 0 Å². The van der Waals surface area contributed by atoms with E-state index in [9.17, 15) is 14.4 Å². The van der Waals surface area contributed by atoms with Gasteiger partial charge in [0.25, 0.3) is 11.8 Å². The lowest BCUT2D eigenvalue weighted by molar-refractivity contribution is -0.121. The number of aryl methyl sites for hydroxylation is 2. The third kappa shape index (κ3) is 4.02. The van der Waals surface area contributed by atoms with E-state index < -0.39 is 23.8 Å². The number of carbonyl (C=O) groups is 3. The summed E-state index contributed by atoms with van der Waals surface area (Å²) in [6.07, 6.45) is 0. The van der Waals surface area contributed by atoms with Crippen LogP contribution < -0.4 is 10.1 Å². The maximum atomic E-state index is 13.3. The number of imide groups is 1. The van der Waals surface area contributed by atoms with E-state index in [0.29, 0.717) is 16.3 Å². The number of carbonyl (C=O) groups excluding carboxylic acids is 3. The Labute approximate surface area is 196 Å². The molecular formula is C25H25N3O4S. The molecule has 3 amide bonds. The van der Waals surface area contributed by atoms with Gasteiger partial charge in [-0.25, -0.2) is 4.98 Å². The number of methoxy groups -OCH3 is 1. The van der Waals surface area contributed by atoms with E-state index in [2.05, 4.69) is 10.3 Å². The summed E-state index contributed by atoms with van der Waals surface area (Å²) in [5.74, 6) is -0.827. The molecule has 1 atom stereocenters. The third-order valence-electron chi connectivity index (χ3n) is 5.70. The van der Waals surface area contributed by atoms with E-state index in [-0.39, 0.29) is 5.92 Å². The van der Waals surface area contributed by atoms with Crippen molar-refractivity contribution >= 4 is 34.2 Å². The first-order valence-electron chi connectivity index (χ1n) is 10.6. The highest BCUT2D eigenvalue weighted by molar-refractivity contribution is 7.16. The summed E-state index contributed by atoms with van der Waals surface area (Å²) in [5.41, 5.74) is 3.32. The number of nitrogens with one attached hydrogen (secondary N) is 1. The zero-order chi connectivity index (χ0) is 23.9. The molecular weight excluding hydrogens is 438 g/mol. The molecule has 2 heterocycles. The zero-order valence-electron chi connectivity index (χ0n) is 19.1. The molecule has 3 aromatic rings. The van der Waals surface area contributed by atoms with Gasteiger partial charge in [0.1, 0.15) is 11.8 Å². The van der Waals surface area contributed by atoms with E-state index in [4.69, 9.17) is 4.74 Å². The van der Waals surface area contributed by atoms with Crippen molar-refractivity contribution in [3.63, 3.8) is 0 Å². The number of aromatic nitrogens is 1. The fraction of sp³-hybridized carbons (Fsp3) is 0.280. The molecule has 4 rings (SSSR count). The van der Waals surface area contributed by atoms with Gasteiger partial charge in [0.05, 0.1) is 23.9 Å². The van der Waals surface area contributed by atoms with Crippen LogP contribution in [0.4, 0.5) is 5.13 Å². The molecule has 0 bridgehead atoms. The van der Waals surface area contributed by atoms with Crippen molar-refractivity contribution in [1.82, 2.24) is 9.88 Å². The number of thiazole rings is 1. The number of amides is 3. The van der Waals surface area contributed by atoms with Crippen LogP contribution in [0.2, 0.25) is 0 Å². The summed E-state index contributed by atoms with van der Waals surface area (Å²) >= 11 is 1.35. The minimum atomic E-state index is -0.951. The molecule has 0 saturated heterocycles. The molecule has 1 aliphatic rings. The molecule has 2 aromatic carbocycles. The van der Waals surface area contributed by atoms with E-state index in [0.717, 1.165) is 32.3 Å². The smallest absolute Gasteiger partial charge is 0.262 e. The number of fused-ring (bicyclic) bond motifs is 1. The van der Waals surface area contributed by atoms with Gasteiger partial charge in [0, 0.05) is 10.4 Å². The highest BCUT2D eigenvalue weighted by atomic mass is 32.1. The fourth-order valence-corrected chi connectivity index (χ4v) is 4.94. The van der Waals surface area contributed by atoms with Crippen LogP contribution in [0.25, 0.3) is 11.3 Å². The molecule has 1 unspecified atom stereocenters. The highest BCUT2D eigenvalue weighted by Crippen LogP contribution is 2.34. The lowest BCUT2D eigenvalue weighted by Crippen LogP contribution is -2.50. The molecule has 0 radical (unpaired) electrons. The van der Waals surface area contributed by atoms with Crippen molar-refractivity contribution in [3.8, 4) is 17.0 Å². The Kier molecular flexibility index (Phi) is 6.03. The van der Waals surface area contributed by atoms with E-state index in [1.54, 1.807) is 31.4 Å². The van der Waals surface area contributed by atoms with Crippen LogP contribution in [-0.4, -0.2) is 40.8 Å². The van der Waals surface area contributed by atoms with Gasteiger partial charge in [-0.15, -0.1) is 11.3 Å². The van der Waals surface area contributed by atoms with E-state index in [1.807, 2.05) is 45.9 Å². The first kappa shape index (κ1) is 22.7. The summed E-state index contributed by atoms with van der Waals surface area (Å²) in [4.78, 5) is 45.8. The standard InChI is InChI=1S/C25H25N3O4S/c1-13(2)21(28-23(30)17-8-6-7-9-18(17)24(28)31)22(29)27-25-26-20(15(4)33-25)16-10-11-19(32-5)14(3)12-16/h6-13,21H,1-5H3,(H,26,27,29). The van der Waals surface area contributed by atoms with Crippen LogP contribution in [0, 0.1) is 19.8 Å². The Hall–Kier alpha value is -3.52. The van der Waals surface area contributed by atoms with Crippen molar-refractivity contribution in [2.75, 3.05) is 12.4 Å². The Morgan fingerprint density at radius 1 is 1.06 bits per heavy atom. The van der Waals surface area contributed by atoms with Gasteiger partial charge in [-0.1, -0.05) is 26.0 Å². The van der Waals surface area contributed by atoms with Gasteiger partial charge in [-0.2, -0.15) is 0 Å². The van der Waals surface area contributed by atoms with Gasteiger partial charge in [0.15, 0.2) is 5.13 Å². The van der Waals surface area contributed by atoms with Gasteiger partial charge in [-0.3, -0.25) is 19.3 Å². The Morgan fingerprint density at radius 3 is 2.24 bits per heavy atom. The highest BCUT2D eigenvalue weighted by Gasteiger charge is 2.44. The summed E-state index contributed by atoms with van der Waals surface area (Å²) in [7, 11) is 1.63. The number of benzene rings is 2. The number of nitrogens with zero attached hydrogens (tertiary/aromatic N) is 2. The molecule has 7 nitrogen and oxygen atoms in total. The normalized spacial score (nSPS) is 13.9. The van der Waals surface area contributed by atoms with E-state index in [1.165, 1.54) is 11.3 Å². The van der Waals surface area contributed by atoms with Crippen LogP contribution in [-0.2, 0) is 4.79 Å². The maximum Gasteiger partial charge on any atom is 0.262 e. The average molecular weight is 464 g/mol. The largest absolute Gasteiger partial charge is 0.496 e. The molecule has 0 spiro atoms. The average Bonchev–Trinajstić information content (AvgIpc) is 3.26. The lowest BCUT2D eigenvalue weighted by Gasteiger charge is -2.27. The molecule has 0 saturated carbocycles. The summed E-state index contributed by atoms with van der Waals surface area (Å²) in [6.45, 7) is 7.52. The minimum Gasteiger partial charge on any atom is -0.496 e. The summed E-state index contributed by atoms with van der Waals surface area (Å²) in [6, 6.07) is 11.5. The third-order valence-corrected chi connectivity index (χ3v) is 6.59. The predicted octanol–water partition coefficient (Wildman–Crippen LogP) is 4.69. The number of ether oxygens (including phenoxy) is 1. The fourth-order valence-electron chi connectivity index (χ4n) is 4.10. The second kappa shape index (κ2) is 8.78. The number of hydrogen-bond acceptors (Lipinski definition) is 6. The molecule has 1 N–H and O–H groups in total. The number of hydrogen-bond donors (Lipinski definition) is 1. The Morgan fingerprint density at radius 2 is 1.70 bits per heavy atom. The second-order valence-electron chi connectivity index (χ2n) is 8.31. The Bertz CT molecular complexity index is 1230. The molecule has 0 aliphatic carbocycles. The second-order valence-corrected chi connectivity index (χ2v) is 9.52. The molecule has 170 valence electrons. The SMILES string of the molecule is COc1ccc(-c2nc(NC(=O)C(C(C)C)N3C(=O)c4ccccc4C3=O)sc2C)cc1C. The molecule has 8 heteroatoms. The molecule has 1 aliphatic heterocycles. The van der Waals surface area contributed by atoms with Crippen molar-refractivity contribution in [1.29, 1.82) is 0 Å². The number of rotatable bonds is 6. The molecule has 1 aromatic heterocycles. The summed E-state index contributed by atoms with van der Waals surface area (Å²) < 4.78 is 5.33. The lowest BCUT2D eigenvalue weighted by atomic mass is 10.0. The minimum absolute atomic E-state index is 0.281. The Balaban J connectivity index is 1.60. The molecule has 33 heavy (non-hydrogen) atoms. The van der Waals surface area contributed by atoms with Crippen molar-refractivity contribution < 1.29 is 19.1 Å². The zero-order valence-corrected chi connectivity index (χ0v) is 19.9.